The molecule has 0 aliphatic carbocycles. The molecule has 0 aliphatic rings. The number of hydrogen-bond donors (Lipinski definition) is 0. The van der Waals surface area contributed by atoms with E-state index >= 15 is 0 Å². The van der Waals surface area contributed by atoms with Crippen molar-refractivity contribution >= 4 is 51.2 Å². The van der Waals surface area contributed by atoms with Crippen molar-refractivity contribution in [1.82, 2.24) is 0 Å². The maximum atomic E-state index is 12.1. The van der Waals surface area contributed by atoms with E-state index in [0.29, 0.717) is 21.4 Å². The topological polar surface area (TPSA) is 35.5 Å². The minimum Gasteiger partial charge on any atom is -0.460 e. The van der Waals surface area contributed by atoms with E-state index in [2.05, 4.69) is 15.9 Å². The van der Waals surface area contributed by atoms with E-state index < -0.39 is 5.97 Å². The monoisotopic (exact) mass is 414 g/mol. The molecular formula is C17H13BrCl2O3. The highest BCUT2D eigenvalue weighted by molar-refractivity contribution is 9.10. The number of carbonyl (C=O) groups excluding carboxylic acids is 1. The fourth-order valence-corrected chi connectivity index (χ4v) is 2.29. The fourth-order valence-electron chi connectivity index (χ4n) is 1.72. The molecule has 2 aromatic rings. The molecule has 0 atom stereocenters. The molecule has 0 saturated heterocycles. The van der Waals surface area contributed by atoms with Gasteiger partial charge in [0.25, 0.3) is 0 Å². The van der Waals surface area contributed by atoms with E-state index in [4.69, 9.17) is 32.7 Å². The van der Waals surface area contributed by atoms with Gasteiger partial charge in [-0.15, -0.1) is 0 Å². The summed E-state index contributed by atoms with van der Waals surface area (Å²) in [7, 11) is 0. The van der Waals surface area contributed by atoms with Crippen LogP contribution >= 0.6 is 39.1 Å². The van der Waals surface area contributed by atoms with Crippen molar-refractivity contribution in [2.24, 2.45) is 0 Å². The molecule has 0 bridgehead atoms. The molecule has 2 aromatic carbocycles. The molecule has 0 spiro atoms. The maximum absolute atomic E-state index is 12.1. The lowest BCUT2D eigenvalue weighted by atomic mass is 10.2. The first kappa shape index (κ1) is 17.9. The van der Waals surface area contributed by atoms with Crippen LogP contribution < -0.4 is 4.74 Å². The summed E-state index contributed by atoms with van der Waals surface area (Å²) < 4.78 is 11.6. The first-order valence-corrected chi connectivity index (χ1v) is 8.31. The molecule has 0 N–H and O–H groups in total. The van der Waals surface area contributed by atoms with Crippen LogP contribution in [0.5, 0.6) is 5.75 Å². The van der Waals surface area contributed by atoms with Crippen molar-refractivity contribution in [2.75, 3.05) is 6.61 Å². The minimum absolute atomic E-state index is 0.0626. The van der Waals surface area contributed by atoms with Gasteiger partial charge < -0.3 is 9.47 Å². The molecule has 120 valence electrons. The van der Waals surface area contributed by atoms with E-state index in [1.54, 1.807) is 43.3 Å². The summed E-state index contributed by atoms with van der Waals surface area (Å²) >= 11 is 15.2. The largest absolute Gasteiger partial charge is 0.460 e. The molecule has 23 heavy (non-hydrogen) atoms. The predicted molar refractivity (Wildman–Crippen MR) is 95.8 cm³/mol. The average molecular weight is 416 g/mol. The van der Waals surface area contributed by atoms with Gasteiger partial charge in [0.1, 0.15) is 5.75 Å². The summed E-state index contributed by atoms with van der Waals surface area (Å²) in [5.41, 5.74) is 0.680. The standard InChI is InChI=1S/C17H13BrCl2O3/c1-2-22-17(21)16(23-13-6-4-12(18)5-7-13)10-11-3-8-14(19)15(20)9-11/h3-10H,2H2,1H3/b16-10-. The number of rotatable bonds is 5. The Hall–Kier alpha value is -1.49. The van der Waals surface area contributed by atoms with Gasteiger partial charge in [-0.3, -0.25) is 0 Å². The highest BCUT2D eigenvalue weighted by atomic mass is 79.9. The molecule has 6 heteroatoms. The van der Waals surface area contributed by atoms with Gasteiger partial charge in [0.2, 0.25) is 5.76 Å². The van der Waals surface area contributed by atoms with E-state index in [-0.39, 0.29) is 12.4 Å². The van der Waals surface area contributed by atoms with Gasteiger partial charge >= 0.3 is 5.97 Å². The second-order valence-corrected chi connectivity index (χ2v) is 6.19. The second-order valence-electron chi connectivity index (χ2n) is 4.46. The lowest BCUT2D eigenvalue weighted by Gasteiger charge is -2.10. The smallest absolute Gasteiger partial charge is 0.374 e. The van der Waals surface area contributed by atoms with Crippen molar-refractivity contribution in [2.45, 2.75) is 6.92 Å². The Morgan fingerprint density at radius 2 is 1.83 bits per heavy atom. The van der Waals surface area contributed by atoms with Crippen LogP contribution in [0.2, 0.25) is 10.0 Å². The SMILES string of the molecule is CCOC(=O)/C(=C/c1ccc(Cl)c(Cl)c1)Oc1ccc(Br)cc1. The van der Waals surface area contributed by atoms with Crippen molar-refractivity contribution in [3.8, 4) is 5.75 Å². The maximum Gasteiger partial charge on any atom is 0.374 e. The van der Waals surface area contributed by atoms with Crippen LogP contribution in [-0.4, -0.2) is 12.6 Å². The Balaban J connectivity index is 2.32. The number of benzene rings is 2. The molecule has 0 fully saturated rings. The summed E-state index contributed by atoms with van der Waals surface area (Å²) in [4.78, 5) is 12.1. The van der Waals surface area contributed by atoms with Gasteiger partial charge in [0.05, 0.1) is 16.7 Å². The summed E-state index contributed by atoms with van der Waals surface area (Å²) in [5.74, 6) is 0.0293. The zero-order valence-corrected chi connectivity index (χ0v) is 15.3. The Labute approximate surface area is 152 Å². The van der Waals surface area contributed by atoms with Crippen LogP contribution in [0.4, 0.5) is 0 Å². The third-order valence-corrected chi connectivity index (χ3v) is 4.03. The molecule has 0 unspecified atom stereocenters. The van der Waals surface area contributed by atoms with Crippen molar-refractivity contribution in [1.29, 1.82) is 0 Å². The number of hydrogen-bond acceptors (Lipinski definition) is 3. The second kappa shape index (κ2) is 8.39. The van der Waals surface area contributed by atoms with Crippen molar-refractivity contribution in [3.05, 3.63) is 68.3 Å². The molecular weight excluding hydrogens is 403 g/mol. The van der Waals surface area contributed by atoms with Gasteiger partial charge in [0.15, 0.2) is 0 Å². The van der Waals surface area contributed by atoms with Crippen LogP contribution in [0.1, 0.15) is 12.5 Å². The summed E-state index contributed by atoms with van der Waals surface area (Å²) in [6, 6.07) is 12.1. The van der Waals surface area contributed by atoms with Gasteiger partial charge in [-0.25, -0.2) is 4.79 Å². The third kappa shape index (κ3) is 5.27. The van der Waals surface area contributed by atoms with E-state index in [1.165, 1.54) is 0 Å². The van der Waals surface area contributed by atoms with Crippen molar-refractivity contribution in [3.63, 3.8) is 0 Å². The Kier molecular flexibility index (Phi) is 6.51. The van der Waals surface area contributed by atoms with E-state index in [0.717, 1.165) is 4.47 Å². The van der Waals surface area contributed by atoms with Crippen LogP contribution in [-0.2, 0) is 9.53 Å². The first-order valence-electron chi connectivity index (χ1n) is 6.77. The average Bonchev–Trinajstić information content (AvgIpc) is 2.52. The normalized spacial score (nSPS) is 11.2. The lowest BCUT2D eigenvalue weighted by Crippen LogP contribution is -2.12. The minimum atomic E-state index is -0.554. The molecule has 0 heterocycles. The fraction of sp³-hybridized carbons (Fsp3) is 0.118. The van der Waals surface area contributed by atoms with E-state index in [1.807, 2.05) is 12.1 Å². The summed E-state index contributed by atoms with van der Waals surface area (Å²) in [5, 5.41) is 0.836. The zero-order chi connectivity index (χ0) is 16.8. The summed E-state index contributed by atoms with van der Waals surface area (Å²) in [6.07, 6.45) is 1.56. The molecule has 3 nitrogen and oxygen atoms in total. The number of esters is 1. The van der Waals surface area contributed by atoms with E-state index in [9.17, 15) is 4.79 Å². The molecule has 0 aliphatic heterocycles. The Morgan fingerprint density at radius 3 is 2.43 bits per heavy atom. The van der Waals surface area contributed by atoms with Crippen LogP contribution in [0.25, 0.3) is 6.08 Å². The molecule has 0 aromatic heterocycles. The first-order chi connectivity index (χ1) is 11.0. The number of ether oxygens (including phenoxy) is 2. The molecule has 0 radical (unpaired) electrons. The molecule has 0 saturated carbocycles. The summed E-state index contributed by atoms with van der Waals surface area (Å²) in [6.45, 7) is 1.98. The third-order valence-electron chi connectivity index (χ3n) is 2.76. The number of halogens is 3. The highest BCUT2D eigenvalue weighted by Crippen LogP contribution is 2.25. The molecule has 2 rings (SSSR count). The highest BCUT2D eigenvalue weighted by Gasteiger charge is 2.14. The van der Waals surface area contributed by atoms with Gasteiger partial charge in [-0.05, 0) is 55.0 Å². The van der Waals surface area contributed by atoms with Gasteiger partial charge in [0, 0.05) is 4.47 Å². The van der Waals surface area contributed by atoms with Crippen LogP contribution in [0, 0.1) is 0 Å². The Bertz CT molecular complexity index is 727. The zero-order valence-electron chi connectivity index (χ0n) is 12.2. The predicted octanol–water partition coefficient (Wildman–Crippen LogP) is 5.74. The molecule has 0 amide bonds. The van der Waals surface area contributed by atoms with Crippen LogP contribution in [0.15, 0.2) is 52.7 Å². The lowest BCUT2D eigenvalue weighted by molar-refractivity contribution is -0.140. The van der Waals surface area contributed by atoms with Crippen LogP contribution in [0.3, 0.4) is 0 Å². The van der Waals surface area contributed by atoms with Gasteiger partial charge in [-0.2, -0.15) is 0 Å². The quantitative estimate of drug-likeness (QED) is 0.355. The van der Waals surface area contributed by atoms with Gasteiger partial charge in [-0.1, -0.05) is 45.2 Å². The van der Waals surface area contributed by atoms with Crippen molar-refractivity contribution < 1.29 is 14.3 Å². The Morgan fingerprint density at radius 1 is 1.13 bits per heavy atom. The number of carbonyl (C=O) groups is 1.